The van der Waals surface area contributed by atoms with E-state index in [1.54, 1.807) is 6.21 Å². The van der Waals surface area contributed by atoms with Crippen molar-refractivity contribution in [2.24, 2.45) is 10.8 Å². The minimum atomic E-state index is 0.172. The molecule has 134 valence electrons. The summed E-state index contributed by atoms with van der Waals surface area (Å²) < 4.78 is 0. The molecule has 2 atom stereocenters. The number of hydrogen-bond acceptors (Lipinski definition) is 4. The highest BCUT2D eigenvalue weighted by Crippen LogP contribution is 2.35. The van der Waals surface area contributed by atoms with E-state index in [9.17, 15) is 0 Å². The average Bonchev–Trinajstić information content (AvgIpc) is 3.23. The van der Waals surface area contributed by atoms with Crippen molar-refractivity contribution in [1.82, 2.24) is 10.3 Å². The number of nitrogens with one attached hydrogen (secondary N) is 1. The molecule has 6 heteroatoms. The molecular weight excluding hydrogens is 342 g/mol. The second-order valence-corrected chi connectivity index (χ2v) is 7.38. The molecule has 2 aromatic rings. The van der Waals surface area contributed by atoms with Gasteiger partial charge in [0, 0.05) is 37.4 Å². The van der Waals surface area contributed by atoms with Crippen LogP contribution in [0.4, 0.5) is 5.69 Å². The van der Waals surface area contributed by atoms with Gasteiger partial charge in [0.15, 0.2) is 5.11 Å². The van der Waals surface area contributed by atoms with Crippen molar-refractivity contribution in [1.29, 1.82) is 0 Å². The van der Waals surface area contributed by atoms with Crippen molar-refractivity contribution in [3.63, 3.8) is 0 Å². The van der Waals surface area contributed by atoms with Gasteiger partial charge in [-0.3, -0.25) is 10.3 Å². The van der Waals surface area contributed by atoms with Gasteiger partial charge in [-0.2, -0.15) is 5.10 Å². The number of nitrogens with zero attached hydrogens (tertiary/aromatic N) is 3. The highest BCUT2D eigenvalue weighted by atomic mass is 32.1. The number of hydrogen-bond donors (Lipinski definition) is 2. The number of anilines is 1. The van der Waals surface area contributed by atoms with Crippen LogP contribution in [0.25, 0.3) is 0 Å². The number of fused-ring (bicyclic) bond motifs is 2. The highest BCUT2D eigenvalue weighted by molar-refractivity contribution is 7.80. The monoisotopic (exact) mass is 365 g/mol. The Morgan fingerprint density at radius 3 is 2.54 bits per heavy atom. The van der Waals surface area contributed by atoms with E-state index < -0.39 is 0 Å². The number of piperazine rings is 1. The first-order valence-corrected chi connectivity index (χ1v) is 9.33. The SMILES string of the molecule is NC(=S)N/N=C/c1ccc(N2C[C@@H]3C[C@H]2CN3Cc2ccccc2)cc1. The van der Waals surface area contributed by atoms with Crippen LogP contribution in [0.15, 0.2) is 59.7 Å². The summed E-state index contributed by atoms with van der Waals surface area (Å²) in [5.74, 6) is 0. The predicted molar refractivity (Wildman–Crippen MR) is 110 cm³/mol. The molecule has 0 saturated carbocycles. The van der Waals surface area contributed by atoms with Crippen LogP contribution < -0.4 is 16.1 Å². The quantitative estimate of drug-likeness (QED) is 0.484. The van der Waals surface area contributed by atoms with Gasteiger partial charge in [-0.25, -0.2) is 0 Å². The Bertz CT molecular complexity index is 790. The maximum atomic E-state index is 5.35. The molecule has 0 aliphatic carbocycles. The van der Waals surface area contributed by atoms with E-state index in [0.717, 1.165) is 25.2 Å². The molecule has 2 aromatic carbocycles. The number of hydrazone groups is 1. The lowest BCUT2D eigenvalue weighted by Crippen LogP contribution is -2.46. The van der Waals surface area contributed by atoms with E-state index in [1.165, 1.54) is 17.7 Å². The van der Waals surface area contributed by atoms with Crippen molar-refractivity contribution >= 4 is 29.2 Å². The molecule has 2 bridgehead atoms. The van der Waals surface area contributed by atoms with Crippen LogP contribution in [0.2, 0.25) is 0 Å². The third-order valence-electron chi connectivity index (χ3n) is 5.20. The van der Waals surface area contributed by atoms with Crippen molar-refractivity contribution in [3.05, 3.63) is 65.7 Å². The number of likely N-dealkylation sites (tertiary alicyclic amines) is 1. The number of thiocarbonyl (C=S) groups is 1. The molecule has 4 rings (SSSR count). The fraction of sp³-hybridized carbons (Fsp3) is 0.300. The Labute approximate surface area is 159 Å². The zero-order valence-corrected chi connectivity index (χ0v) is 15.4. The molecule has 2 aliphatic rings. The molecule has 26 heavy (non-hydrogen) atoms. The lowest BCUT2D eigenvalue weighted by atomic mass is 10.1. The fourth-order valence-electron chi connectivity index (χ4n) is 4.00. The van der Waals surface area contributed by atoms with E-state index >= 15 is 0 Å². The van der Waals surface area contributed by atoms with Gasteiger partial charge in [-0.05, 0) is 41.9 Å². The molecule has 0 unspecified atom stereocenters. The fourth-order valence-corrected chi connectivity index (χ4v) is 4.05. The summed E-state index contributed by atoms with van der Waals surface area (Å²) in [5, 5.41) is 4.17. The Balaban J connectivity index is 1.36. The van der Waals surface area contributed by atoms with Gasteiger partial charge in [0.2, 0.25) is 0 Å². The molecule has 5 nitrogen and oxygen atoms in total. The zero-order chi connectivity index (χ0) is 17.9. The van der Waals surface area contributed by atoms with Crippen molar-refractivity contribution in [2.75, 3.05) is 18.0 Å². The number of rotatable bonds is 5. The van der Waals surface area contributed by atoms with E-state index in [1.807, 2.05) is 0 Å². The molecule has 0 amide bonds. The highest BCUT2D eigenvalue weighted by Gasteiger charge is 2.42. The first-order chi connectivity index (χ1) is 12.7. The Hall–Kier alpha value is -2.44. The smallest absolute Gasteiger partial charge is 0.184 e. The van der Waals surface area contributed by atoms with Crippen LogP contribution in [0.3, 0.4) is 0 Å². The predicted octanol–water partition coefficient (Wildman–Crippen LogP) is 2.32. The maximum absolute atomic E-state index is 5.35. The molecule has 2 saturated heterocycles. The van der Waals surface area contributed by atoms with Gasteiger partial charge >= 0.3 is 0 Å². The van der Waals surface area contributed by atoms with Gasteiger partial charge < -0.3 is 10.6 Å². The largest absolute Gasteiger partial charge is 0.375 e. The third-order valence-corrected chi connectivity index (χ3v) is 5.29. The maximum Gasteiger partial charge on any atom is 0.184 e. The van der Waals surface area contributed by atoms with Crippen LogP contribution in [-0.4, -0.2) is 41.4 Å². The van der Waals surface area contributed by atoms with Crippen LogP contribution in [0.1, 0.15) is 17.5 Å². The van der Waals surface area contributed by atoms with Gasteiger partial charge in [-0.15, -0.1) is 0 Å². The van der Waals surface area contributed by atoms with Gasteiger partial charge in [0.1, 0.15) is 0 Å². The van der Waals surface area contributed by atoms with E-state index in [2.05, 4.69) is 74.9 Å². The summed E-state index contributed by atoms with van der Waals surface area (Å²) in [5.41, 5.74) is 11.6. The standard InChI is InChI=1S/C20H23N5S/c21-20(26)23-22-11-15-6-8-17(9-7-15)25-14-18-10-19(25)13-24(18)12-16-4-2-1-3-5-16/h1-9,11,18-19H,10,12-14H2,(H3,21,23,26)/b22-11+/t18-,19-/m0/s1. The molecule has 2 heterocycles. The molecule has 2 fully saturated rings. The summed E-state index contributed by atoms with van der Waals surface area (Å²) >= 11 is 4.73. The van der Waals surface area contributed by atoms with Crippen molar-refractivity contribution < 1.29 is 0 Å². The van der Waals surface area contributed by atoms with E-state index in [4.69, 9.17) is 18.0 Å². The number of nitrogens with two attached hydrogens (primary N) is 1. The Kier molecular flexibility index (Phi) is 4.86. The van der Waals surface area contributed by atoms with Crippen molar-refractivity contribution in [3.8, 4) is 0 Å². The minimum Gasteiger partial charge on any atom is -0.375 e. The lowest BCUT2D eigenvalue weighted by Gasteiger charge is -2.35. The minimum absolute atomic E-state index is 0.172. The lowest BCUT2D eigenvalue weighted by molar-refractivity contribution is 0.230. The Morgan fingerprint density at radius 1 is 1.12 bits per heavy atom. The van der Waals surface area contributed by atoms with Crippen LogP contribution in [0, 0.1) is 0 Å². The summed E-state index contributed by atoms with van der Waals surface area (Å²) in [6.07, 6.45) is 2.98. The van der Waals surface area contributed by atoms with Crippen LogP contribution >= 0.6 is 12.2 Å². The van der Waals surface area contributed by atoms with Crippen LogP contribution in [0.5, 0.6) is 0 Å². The molecular formula is C20H23N5S. The topological polar surface area (TPSA) is 56.9 Å². The summed E-state index contributed by atoms with van der Waals surface area (Å²) in [7, 11) is 0. The third kappa shape index (κ3) is 3.71. The summed E-state index contributed by atoms with van der Waals surface area (Å²) in [6, 6.07) is 20.5. The van der Waals surface area contributed by atoms with Crippen LogP contribution in [-0.2, 0) is 6.54 Å². The zero-order valence-electron chi connectivity index (χ0n) is 14.6. The molecule has 2 aliphatic heterocycles. The van der Waals surface area contributed by atoms with Gasteiger partial charge in [0.25, 0.3) is 0 Å². The van der Waals surface area contributed by atoms with E-state index in [-0.39, 0.29) is 5.11 Å². The van der Waals surface area contributed by atoms with E-state index in [0.29, 0.717) is 12.1 Å². The first kappa shape index (κ1) is 17.0. The first-order valence-electron chi connectivity index (χ1n) is 8.92. The summed E-state index contributed by atoms with van der Waals surface area (Å²) in [4.78, 5) is 5.17. The van der Waals surface area contributed by atoms with Gasteiger partial charge in [0.05, 0.1) is 6.21 Å². The van der Waals surface area contributed by atoms with Gasteiger partial charge in [-0.1, -0.05) is 42.5 Å². The second-order valence-electron chi connectivity index (χ2n) is 6.94. The molecule has 0 spiro atoms. The van der Waals surface area contributed by atoms with Crippen molar-refractivity contribution in [2.45, 2.75) is 25.0 Å². The average molecular weight is 366 g/mol. The Morgan fingerprint density at radius 2 is 1.88 bits per heavy atom. The molecule has 3 N–H and O–H groups in total. The molecule has 0 aromatic heterocycles. The summed E-state index contributed by atoms with van der Waals surface area (Å²) in [6.45, 7) is 3.30. The second kappa shape index (κ2) is 7.43. The molecule has 0 radical (unpaired) electrons. The number of benzene rings is 2. The normalized spacial score (nSPS) is 22.2.